The van der Waals surface area contributed by atoms with Crippen molar-refractivity contribution in [2.75, 3.05) is 26.2 Å². The normalized spacial score (nSPS) is 12.4. The van der Waals surface area contributed by atoms with Gasteiger partial charge in [0.2, 0.25) is 0 Å². The smallest absolute Gasteiger partial charge is 0.313 e. The molecule has 0 saturated carbocycles. The molecule has 0 aliphatic carbocycles. The molecule has 0 aliphatic heterocycles. The zero-order valence-electron chi connectivity index (χ0n) is 18.9. The lowest BCUT2D eigenvalue weighted by atomic mass is 9.97. The highest BCUT2D eigenvalue weighted by molar-refractivity contribution is 5.78. The summed E-state index contributed by atoms with van der Waals surface area (Å²) < 4.78 is 5.40. The average Bonchev–Trinajstić information content (AvgIpc) is 2.80. The molecule has 0 radical (unpaired) electrons. The van der Waals surface area contributed by atoms with Gasteiger partial charge in [-0.05, 0) is 37.1 Å². The van der Waals surface area contributed by atoms with Crippen molar-refractivity contribution in [3.05, 3.63) is 71.8 Å². The van der Waals surface area contributed by atoms with Gasteiger partial charge in [0.1, 0.15) is 12.9 Å². The molecule has 0 saturated heterocycles. The molecule has 2 atom stereocenters. The molecular formula is C26H37NO3. The molecule has 30 heavy (non-hydrogen) atoms. The molecule has 0 fully saturated rings. The molecule has 0 N–H and O–H groups in total. The van der Waals surface area contributed by atoms with Crippen LogP contribution in [0.25, 0.3) is 0 Å². The largest absolute Gasteiger partial charge is 0.464 e. The van der Waals surface area contributed by atoms with E-state index in [2.05, 4.69) is 18.7 Å². The molecule has 0 amide bonds. The zero-order chi connectivity index (χ0) is 22.2. The van der Waals surface area contributed by atoms with Gasteiger partial charge in [-0.25, -0.2) is 0 Å². The Morgan fingerprint density at radius 2 is 1.40 bits per heavy atom. The van der Waals surface area contributed by atoms with Crippen LogP contribution in [0.1, 0.15) is 63.5 Å². The number of hydrogen-bond acceptors (Lipinski definition) is 4. The van der Waals surface area contributed by atoms with E-state index in [-0.39, 0.29) is 17.8 Å². The van der Waals surface area contributed by atoms with Crippen molar-refractivity contribution in [1.82, 2.24) is 4.90 Å². The Balaban J connectivity index is 0.000000346. The van der Waals surface area contributed by atoms with Gasteiger partial charge in [0.05, 0.1) is 5.92 Å². The van der Waals surface area contributed by atoms with Gasteiger partial charge >= 0.3 is 5.97 Å². The Morgan fingerprint density at radius 3 is 1.83 bits per heavy atom. The van der Waals surface area contributed by atoms with Crippen molar-refractivity contribution in [2.24, 2.45) is 0 Å². The van der Waals surface area contributed by atoms with Gasteiger partial charge in [-0.3, -0.25) is 4.79 Å². The minimum absolute atomic E-state index is 0.0798. The van der Waals surface area contributed by atoms with Crippen LogP contribution in [0.2, 0.25) is 0 Å². The second kappa shape index (κ2) is 15.4. The summed E-state index contributed by atoms with van der Waals surface area (Å²) in [6.45, 7) is 11.5. The van der Waals surface area contributed by atoms with Gasteiger partial charge < -0.3 is 14.4 Å². The van der Waals surface area contributed by atoms with E-state index in [1.54, 1.807) is 0 Å². The fourth-order valence-electron chi connectivity index (χ4n) is 3.25. The Kier molecular flexibility index (Phi) is 13.1. The molecule has 0 spiro atoms. The van der Waals surface area contributed by atoms with E-state index in [0.29, 0.717) is 6.61 Å². The molecule has 0 aromatic heterocycles. The van der Waals surface area contributed by atoms with Crippen LogP contribution in [0.15, 0.2) is 60.7 Å². The molecular weight excluding hydrogens is 374 g/mol. The number of hydrogen-bond donors (Lipinski definition) is 0. The molecule has 164 valence electrons. The maximum Gasteiger partial charge on any atom is 0.313 e. The average molecular weight is 412 g/mol. The van der Waals surface area contributed by atoms with Crippen LogP contribution in [0, 0.1) is 0 Å². The lowest BCUT2D eigenvalue weighted by molar-refractivity contribution is -0.146. The first-order valence-corrected chi connectivity index (χ1v) is 11.0. The van der Waals surface area contributed by atoms with Crippen LogP contribution in [0.5, 0.6) is 0 Å². The number of rotatable bonds is 11. The van der Waals surface area contributed by atoms with Crippen LogP contribution in [0.3, 0.4) is 0 Å². The van der Waals surface area contributed by atoms with Crippen LogP contribution in [0.4, 0.5) is 0 Å². The Labute approximate surface area is 182 Å². The number of nitrogens with zero attached hydrogens (tertiary/aromatic N) is 1. The summed E-state index contributed by atoms with van der Waals surface area (Å²) in [6.07, 6.45) is 2.66. The van der Waals surface area contributed by atoms with Crippen LogP contribution in [-0.2, 0) is 14.3 Å². The predicted molar refractivity (Wildman–Crippen MR) is 124 cm³/mol. The van der Waals surface area contributed by atoms with Crippen LogP contribution < -0.4 is 0 Å². The van der Waals surface area contributed by atoms with Crippen molar-refractivity contribution in [1.29, 1.82) is 0 Å². The summed E-state index contributed by atoms with van der Waals surface area (Å²) in [4.78, 5) is 24.9. The maximum absolute atomic E-state index is 12.1. The molecule has 2 aromatic rings. The molecule has 4 heteroatoms. The van der Waals surface area contributed by atoms with E-state index in [4.69, 9.17) is 4.74 Å². The fourth-order valence-corrected chi connectivity index (χ4v) is 3.25. The van der Waals surface area contributed by atoms with E-state index in [1.807, 2.05) is 74.5 Å². The summed E-state index contributed by atoms with van der Waals surface area (Å²) >= 11 is 0. The van der Waals surface area contributed by atoms with Crippen LogP contribution >= 0.6 is 0 Å². The van der Waals surface area contributed by atoms with Gasteiger partial charge in [0, 0.05) is 12.5 Å². The summed E-state index contributed by atoms with van der Waals surface area (Å²) in [5.41, 5.74) is 2.16. The Bertz CT molecular complexity index is 699. The molecule has 0 aliphatic rings. The first-order valence-electron chi connectivity index (χ1n) is 11.0. The standard InChI is InChI=1S/C16H25NO2.C10H12O/c1-4-15(14-10-8-7-9-11-14)16(18)19-13-12-17(5-2)6-3;1-2-9(8-11)10-6-4-3-5-7-10/h7-11,15H,4-6,12-13H2,1-3H3;3-9H,2H2,1H3. The van der Waals surface area contributed by atoms with Gasteiger partial charge in [0.15, 0.2) is 0 Å². The predicted octanol–water partition coefficient (Wildman–Crippen LogP) is 5.44. The lowest BCUT2D eigenvalue weighted by Gasteiger charge is -2.19. The highest BCUT2D eigenvalue weighted by Crippen LogP contribution is 2.20. The van der Waals surface area contributed by atoms with E-state index in [1.165, 1.54) is 0 Å². The van der Waals surface area contributed by atoms with Crippen molar-refractivity contribution in [3.63, 3.8) is 0 Å². The number of esters is 1. The minimum Gasteiger partial charge on any atom is -0.464 e. The monoisotopic (exact) mass is 411 g/mol. The number of likely N-dealkylation sites (N-methyl/N-ethyl adjacent to an activating group) is 1. The van der Waals surface area contributed by atoms with Crippen molar-refractivity contribution in [2.45, 2.75) is 52.4 Å². The van der Waals surface area contributed by atoms with Crippen molar-refractivity contribution in [3.8, 4) is 0 Å². The van der Waals surface area contributed by atoms with Gasteiger partial charge in [-0.2, -0.15) is 0 Å². The van der Waals surface area contributed by atoms with E-state index >= 15 is 0 Å². The number of benzene rings is 2. The second-order valence-electron chi connectivity index (χ2n) is 7.13. The molecule has 0 heterocycles. The number of ether oxygens (including phenoxy) is 1. The maximum atomic E-state index is 12.1. The Morgan fingerprint density at radius 1 is 0.867 bits per heavy atom. The van der Waals surface area contributed by atoms with E-state index < -0.39 is 0 Å². The molecule has 2 unspecified atom stereocenters. The van der Waals surface area contributed by atoms with Gasteiger partial charge in [-0.15, -0.1) is 0 Å². The minimum atomic E-state index is -0.141. The third-order valence-electron chi connectivity index (χ3n) is 5.27. The summed E-state index contributed by atoms with van der Waals surface area (Å²) in [7, 11) is 0. The third-order valence-corrected chi connectivity index (χ3v) is 5.27. The van der Waals surface area contributed by atoms with E-state index in [9.17, 15) is 9.59 Å². The number of carbonyl (C=O) groups excluding carboxylic acids is 2. The SMILES string of the molecule is CCC(C(=O)OCCN(CC)CC)c1ccccc1.CCC(C=O)c1ccccc1. The highest BCUT2D eigenvalue weighted by atomic mass is 16.5. The molecule has 0 bridgehead atoms. The Hall–Kier alpha value is -2.46. The first kappa shape index (κ1) is 25.6. The summed E-state index contributed by atoms with van der Waals surface area (Å²) in [5, 5.41) is 0. The molecule has 4 nitrogen and oxygen atoms in total. The van der Waals surface area contributed by atoms with Crippen molar-refractivity contribution < 1.29 is 14.3 Å². The summed E-state index contributed by atoms with van der Waals surface area (Å²) in [5.74, 6) is -0.171. The van der Waals surface area contributed by atoms with Gasteiger partial charge in [-0.1, -0.05) is 88.4 Å². The lowest BCUT2D eigenvalue weighted by Crippen LogP contribution is -2.28. The summed E-state index contributed by atoms with van der Waals surface area (Å²) in [6, 6.07) is 19.7. The second-order valence-corrected chi connectivity index (χ2v) is 7.13. The first-order chi connectivity index (χ1) is 14.6. The quantitative estimate of drug-likeness (QED) is 0.365. The third kappa shape index (κ3) is 8.91. The van der Waals surface area contributed by atoms with E-state index in [0.717, 1.165) is 49.9 Å². The zero-order valence-corrected chi connectivity index (χ0v) is 18.9. The topological polar surface area (TPSA) is 46.6 Å². The number of aldehydes is 1. The highest BCUT2D eigenvalue weighted by Gasteiger charge is 2.19. The van der Waals surface area contributed by atoms with Crippen molar-refractivity contribution >= 4 is 12.3 Å². The molecule has 2 aromatic carbocycles. The van der Waals surface area contributed by atoms with Crippen LogP contribution in [-0.4, -0.2) is 43.4 Å². The van der Waals surface area contributed by atoms with Gasteiger partial charge in [0.25, 0.3) is 0 Å². The number of carbonyl (C=O) groups is 2. The fraction of sp³-hybridized carbons (Fsp3) is 0.462. The molecule has 2 rings (SSSR count).